The zero-order valence-electron chi connectivity index (χ0n) is 41.5. The van der Waals surface area contributed by atoms with E-state index in [1.165, 1.54) is 52.0 Å². The fourth-order valence-corrected chi connectivity index (χ4v) is 8.14. The largest absolute Gasteiger partial charge is 0.444 e. The molecule has 0 bridgehead atoms. The lowest BCUT2D eigenvalue weighted by molar-refractivity contribution is -0.357. The smallest absolute Gasteiger partial charge is 0.408 e. The number of rotatable bonds is 16. The van der Waals surface area contributed by atoms with Gasteiger partial charge in [0.15, 0.2) is 18.8 Å². The number of hydrogen-bond acceptors (Lipinski definition) is 22. The number of benzene rings is 1. The van der Waals surface area contributed by atoms with Gasteiger partial charge in [0.05, 0.1) is 23.6 Å². The van der Waals surface area contributed by atoms with E-state index in [9.17, 15) is 63.3 Å². The third-order valence-corrected chi connectivity index (χ3v) is 11.9. The molecule has 3 fully saturated rings. The second kappa shape index (κ2) is 24.3. The third kappa shape index (κ3) is 17.5. The minimum absolute atomic E-state index is 0.248. The van der Waals surface area contributed by atoms with E-state index in [0.717, 1.165) is 5.56 Å². The molecule has 0 spiro atoms. The summed E-state index contributed by atoms with van der Waals surface area (Å²) in [5.41, 5.74) is -2.09. The van der Waals surface area contributed by atoms with E-state index in [1.807, 2.05) is 0 Å². The van der Waals surface area contributed by atoms with Crippen LogP contribution in [0.25, 0.3) is 0 Å². The molecule has 0 aromatic heterocycles. The molecule has 11 N–H and O–H groups in total. The lowest BCUT2D eigenvalue weighted by Gasteiger charge is -2.49. The summed E-state index contributed by atoms with van der Waals surface area (Å²) >= 11 is 0. The monoisotopic (exact) mass is 1040 g/mol. The predicted octanol–water partition coefficient (Wildman–Crippen LogP) is -1.36. The number of carbonyl (C=O) groups is 4. The minimum atomic E-state index is -4.52. The number of ether oxygens (including phenoxy) is 8. The fraction of sp³-hybridized carbons (Fsp3) is 0.773. The van der Waals surface area contributed by atoms with E-state index in [4.69, 9.17) is 42.1 Å². The Morgan fingerprint density at radius 2 is 1.17 bits per heavy atom. The molecule has 3 heterocycles. The number of aliphatic hydroxyl groups is 7. The van der Waals surface area contributed by atoms with Gasteiger partial charge in [0.2, 0.25) is 0 Å². The maximum Gasteiger partial charge on any atom is 0.408 e. The predicted molar refractivity (Wildman–Crippen MR) is 242 cm³/mol. The number of alkyl carbamates (subject to hydrolysis) is 3. The number of aryl methyl sites for hydroxylation is 1. The van der Waals surface area contributed by atoms with E-state index in [2.05, 4.69) is 21.3 Å². The number of amides is 4. The Bertz CT molecular complexity index is 2050. The second-order valence-corrected chi connectivity index (χ2v) is 22.0. The van der Waals surface area contributed by atoms with Gasteiger partial charge < -0.3 is 94.9 Å². The van der Waals surface area contributed by atoms with Gasteiger partial charge in [0.1, 0.15) is 83.9 Å². The molecule has 0 radical (unpaired) electrons. The first-order valence-electron chi connectivity index (χ1n) is 22.9. The van der Waals surface area contributed by atoms with Gasteiger partial charge >= 0.3 is 18.3 Å². The van der Waals surface area contributed by atoms with Crippen molar-refractivity contribution in [1.29, 1.82) is 0 Å². The summed E-state index contributed by atoms with van der Waals surface area (Å²) in [6.07, 6.45) is -30.7. The maximum atomic E-state index is 13.5. The highest BCUT2D eigenvalue weighted by Gasteiger charge is 2.54. The molecule has 1 aromatic carbocycles. The summed E-state index contributed by atoms with van der Waals surface area (Å²) < 4.78 is 77.2. The van der Waals surface area contributed by atoms with Crippen molar-refractivity contribution < 1.29 is 105 Å². The van der Waals surface area contributed by atoms with Crippen LogP contribution in [-0.2, 0) is 57.0 Å². The summed E-state index contributed by atoms with van der Waals surface area (Å²) in [6.45, 7) is 15.8. The Kier molecular flexibility index (Phi) is 20.4. The average molecular weight is 1040 g/mol. The molecule has 3 aliphatic heterocycles. The van der Waals surface area contributed by atoms with Gasteiger partial charge in [-0.15, -0.1) is 0 Å². The number of nitrogens with one attached hydrogen (secondary N) is 4. The van der Waals surface area contributed by atoms with Crippen LogP contribution >= 0.6 is 0 Å². The molecular formula is C44H72N4O22S. The van der Waals surface area contributed by atoms with Crippen LogP contribution in [0.5, 0.6) is 0 Å². The normalized spacial score (nSPS) is 32.2. The van der Waals surface area contributed by atoms with Crippen LogP contribution < -0.4 is 21.3 Å². The molecule has 406 valence electrons. The van der Waals surface area contributed by atoms with Gasteiger partial charge in [0.25, 0.3) is 16.0 Å². The van der Waals surface area contributed by atoms with Crippen molar-refractivity contribution in [3.05, 3.63) is 29.8 Å². The number of hydrogen-bond donors (Lipinski definition) is 11. The highest BCUT2D eigenvalue weighted by atomic mass is 32.2. The van der Waals surface area contributed by atoms with E-state index in [0.29, 0.717) is 0 Å². The molecule has 0 saturated carbocycles. The summed E-state index contributed by atoms with van der Waals surface area (Å²) in [6, 6.07) is 3.81. The molecule has 3 saturated heterocycles. The molecule has 16 atom stereocenters. The van der Waals surface area contributed by atoms with Gasteiger partial charge in [-0.3, -0.25) is 8.98 Å². The molecule has 0 aliphatic carbocycles. The third-order valence-electron chi connectivity index (χ3n) is 10.7. The Labute approximate surface area is 412 Å². The van der Waals surface area contributed by atoms with Gasteiger partial charge in [-0.05, 0) is 94.7 Å². The molecule has 71 heavy (non-hydrogen) atoms. The summed E-state index contributed by atoms with van der Waals surface area (Å²) in [5, 5.41) is 88.2. The van der Waals surface area contributed by atoms with E-state index in [-0.39, 0.29) is 17.9 Å². The van der Waals surface area contributed by atoms with Gasteiger partial charge in [-0.2, -0.15) is 8.42 Å². The lowest BCUT2D eigenvalue weighted by Crippen LogP contribution is -2.69. The SMILES string of the molecule is Cc1ccc(S(=O)(=O)OCC2O[C@@H](OC3[C@H](NC(=O)[C@@H](O)CCNC(=O)OC(C)(C)C)OC(C)[C@H](O[C@@H]4OC(CNC(=O)OC(C)(C)C)[C@H](O)[C@H](O)C4O)[C@@H]3O)C(O)[C@@H](NC(=O)OC(C)(C)C)[C@H]2O)cc1. The molecule has 6 unspecified atom stereocenters. The van der Waals surface area contributed by atoms with Crippen molar-refractivity contribution in [3.63, 3.8) is 0 Å². The van der Waals surface area contributed by atoms with Crippen LogP contribution in [0, 0.1) is 6.92 Å². The molecular weight excluding hydrogens is 969 g/mol. The Hall–Kier alpha value is -4.07. The zero-order chi connectivity index (χ0) is 53.6. The Balaban J connectivity index is 1.66. The molecule has 4 rings (SSSR count). The number of aliphatic hydroxyl groups excluding tert-OH is 7. The summed E-state index contributed by atoms with van der Waals surface area (Å²) in [7, 11) is -4.52. The average Bonchev–Trinajstić information content (AvgIpc) is 3.23. The molecule has 3 aliphatic rings. The Morgan fingerprint density at radius 1 is 0.648 bits per heavy atom. The zero-order valence-corrected chi connectivity index (χ0v) is 42.4. The second-order valence-electron chi connectivity index (χ2n) is 20.3. The quantitative estimate of drug-likeness (QED) is 0.0673. The van der Waals surface area contributed by atoms with Crippen molar-refractivity contribution in [2.45, 2.75) is 202 Å². The van der Waals surface area contributed by atoms with Gasteiger partial charge in [-0.25, -0.2) is 14.4 Å². The number of carbonyl (C=O) groups excluding carboxylic acids is 4. The van der Waals surface area contributed by atoms with Crippen LogP contribution in [0.3, 0.4) is 0 Å². The topological polar surface area (TPSA) is 375 Å². The van der Waals surface area contributed by atoms with Crippen LogP contribution in [0.2, 0.25) is 0 Å². The van der Waals surface area contributed by atoms with Crippen LogP contribution in [0.1, 0.15) is 81.2 Å². The maximum absolute atomic E-state index is 13.5. The highest BCUT2D eigenvalue weighted by molar-refractivity contribution is 7.86. The molecule has 26 nitrogen and oxygen atoms in total. The van der Waals surface area contributed by atoms with Crippen LogP contribution in [0.4, 0.5) is 14.4 Å². The van der Waals surface area contributed by atoms with Crippen molar-refractivity contribution in [3.8, 4) is 0 Å². The van der Waals surface area contributed by atoms with Crippen molar-refractivity contribution >= 4 is 34.3 Å². The van der Waals surface area contributed by atoms with Gasteiger partial charge in [0, 0.05) is 13.1 Å². The van der Waals surface area contributed by atoms with Crippen LogP contribution in [0.15, 0.2) is 29.2 Å². The van der Waals surface area contributed by atoms with Crippen molar-refractivity contribution in [2.24, 2.45) is 0 Å². The molecule has 1 aromatic rings. The fourth-order valence-electron chi connectivity index (χ4n) is 7.22. The summed E-state index contributed by atoms with van der Waals surface area (Å²) in [5.74, 6) is -1.13. The van der Waals surface area contributed by atoms with Crippen LogP contribution in [-0.4, -0.2) is 203 Å². The molecule has 4 amide bonds. The first-order chi connectivity index (χ1) is 32.7. The highest BCUT2D eigenvalue weighted by Crippen LogP contribution is 2.33. The van der Waals surface area contributed by atoms with Crippen molar-refractivity contribution in [1.82, 2.24) is 21.3 Å². The first kappa shape index (κ1) is 59.5. The van der Waals surface area contributed by atoms with E-state index in [1.54, 1.807) is 48.5 Å². The molecule has 27 heteroatoms. The van der Waals surface area contributed by atoms with E-state index >= 15 is 0 Å². The van der Waals surface area contributed by atoms with E-state index < -0.39 is 162 Å². The van der Waals surface area contributed by atoms with Gasteiger partial charge in [-0.1, -0.05) is 17.7 Å². The minimum Gasteiger partial charge on any atom is -0.444 e. The standard InChI is InChI=1S/C44H72N4O22S/c1-20-12-14-22(15-13-20)71(60,61)62-19-25-27(50)26(47-41(59)70-44(9,10)11)29(52)37(65-25)67-34-32(55)33(21(2)63-36(34)48-35(56)23(49)16-17-45-39(57)68-42(3,4)5)66-38-31(54)30(53)28(51)24(64-38)18-46-40(58)69-43(6,7)8/h12-15,21,23-34,36-38,49-55H,16-19H2,1-11H3,(H,45,57)(H,46,58)(H,47,59)(H,48,56)/t21?,23-,24?,25?,26-,27-,28-,29?,30-,31?,32-,33-,34?,36+,37-,38-/m0/s1. The first-order valence-corrected chi connectivity index (χ1v) is 24.3. The van der Waals surface area contributed by atoms with Crippen molar-refractivity contribution in [2.75, 3.05) is 19.7 Å². The summed E-state index contributed by atoms with van der Waals surface area (Å²) in [4.78, 5) is 50.9. The lowest BCUT2D eigenvalue weighted by atomic mass is 9.95. The Morgan fingerprint density at radius 3 is 1.75 bits per heavy atom.